The maximum absolute atomic E-state index is 12.3. The summed E-state index contributed by atoms with van der Waals surface area (Å²) in [5.74, 6) is 1.21. The molecule has 4 heterocycles. The lowest BCUT2D eigenvalue weighted by atomic mass is 9.96. The summed E-state index contributed by atoms with van der Waals surface area (Å²) in [7, 11) is 2.25. The normalized spacial score (nSPS) is 22.1. The molecule has 27 heavy (non-hydrogen) atoms. The zero-order chi connectivity index (χ0) is 19.0. The summed E-state index contributed by atoms with van der Waals surface area (Å²) in [6.07, 6.45) is 3.99. The summed E-state index contributed by atoms with van der Waals surface area (Å²) in [5.41, 5.74) is 1.94. The van der Waals surface area contributed by atoms with E-state index in [4.69, 9.17) is 0 Å². The second-order valence-electron chi connectivity index (χ2n) is 8.27. The average molecular weight is 371 g/mol. The summed E-state index contributed by atoms with van der Waals surface area (Å²) in [5, 5.41) is 9.04. The van der Waals surface area contributed by atoms with Gasteiger partial charge in [-0.2, -0.15) is 5.10 Å². The van der Waals surface area contributed by atoms with E-state index in [1.165, 1.54) is 25.8 Å². The number of hydrogen-bond acceptors (Lipinski definition) is 5. The van der Waals surface area contributed by atoms with Crippen molar-refractivity contribution in [2.24, 2.45) is 5.92 Å². The number of hydrogen-bond donors (Lipinski definition) is 0. The quantitative estimate of drug-likeness (QED) is 0.798. The highest BCUT2D eigenvalue weighted by molar-refractivity contribution is 5.23. The van der Waals surface area contributed by atoms with Gasteiger partial charge in [0.2, 0.25) is 0 Å². The van der Waals surface area contributed by atoms with Crippen molar-refractivity contribution >= 4 is 0 Å². The lowest BCUT2D eigenvalue weighted by Gasteiger charge is -2.44. The van der Waals surface area contributed by atoms with Crippen LogP contribution in [0.5, 0.6) is 0 Å². The number of piperidine rings is 1. The summed E-state index contributed by atoms with van der Waals surface area (Å²) >= 11 is 0. The minimum absolute atomic E-state index is 0.0363. The molecule has 0 aliphatic carbocycles. The number of likely N-dealkylation sites (N-methyl/N-ethyl adjacent to an activating group) is 1. The zero-order valence-corrected chi connectivity index (χ0v) is 16.6. The standard InChI is InChI=1S/C20H30N6O/c1-15-10-16(2)26(21-15)19-7-8-20(27)25(22-19)13-17-11-24(12-17)14-18-6-4-5-9-23(18)3/h7-8,10,17-18H,4-6,9,11-14H2,1-3H3. The molecular weight excluding hydrogens is 340 g/mol. The van der Waals surface area contributed by atoms with Gasteiger partial charge in [-0.05, 0) is 52.4 Å². The van der Waals surface area contributed by atoms with Crippen LogP contribution in [0, 0.1) is 19.8 Å². The Hall–Kier alpha value is -1.99. The SMILES string of the molecule is Cc1cc(C)n(-c2ccc(=O)n(CC3CN(CC4CCCCN4C)C3)n2)n1. The van der Waals surface area contributed by atoms with Gasteiger partial charge in [-0.3, -0.25) is 4.79 Å². The topological polar surface area (TPSA) is 59.2 Å². The van der Waals surface area contributed by atoms with E-state index in [1.54, 1.807) is 21.5 Å². The smallest absolute Gasteiger partial charge is 0.266 e. The third kappa shape index (κ3) is 3.99. The first kappa shape index (κ1) is 18.4. The Morgan fingerprint density at radius 1 is 1.11 bits per heavy atom. The Labute approximate surface area is 160 Å². The van der Waals surface area contributed by atoms with Gasteiger partial charge in [0.05, 0.1) is 12.2 Å². The predicted molar refractivity (Wildman–Crippen MR) is 105 cm³/mol. The second-order valence-corrected chi connectivity index (χ2v) is 8.27. The number of likely N-dealkylation sites (tertiary alicyclic amines) is 2. The molecule has 2 aliphatic rings. The molecule has 2 aromatic heterocycles. The van der Waals surface area contributed by atoms with Crippen molar-refractivity contribution in [3.63, 3.8) is 0 Å². The fourth-order valence-corrected chi connectivity index (χ4v) is 4.40. The van der Waals surface area contributed by atoms with E-state index >= 15 is 0 Å². The lowest BCUT2D eigenvalue weighted by molar-refractivity contribution is 0.0427. The van der Waals surface area contributed by atoms with Crippen LogP contribution in [0.15, 0.2) is 23.0 Å². The van der Waals surface area contributed by atoms with Gasteiger partial charge < -0.3 is 9.80 Å². The van der Waals surface area contributed by atoms with Crippen LogP contribution < -0.4 is 5.56 Å². The van der Waals surface area contributed by atoms with Crippen LogP contribution in [0.4, 0.5) is 0 Å². The van der Waals surface area contributed by atoms with Gasteiger partial charge in [0, 0.05) is 43.4 Å². The van der Waals surface area contributed by atoms with Crippen LogP contribution in [0.3, 0.4) is 0 Å². The molecule has 2 saturated heterocycles. The van der Waals surface area contributed by atoms with E-state index in [9.17, 15) is 4.79 Å². The molecule has 146 valence electrons. The molecule has 0 N–H and O–H groups in total. The van der Waals surface area contributed by atoms with Gasteiger partial charge in [0.15, 0.2) is 5.82 Å². The Morgan fingerprint density at radius 2 is 1.93 bits per heavy atom. The largest absolute Gasteiger partial charge is 0.302 e. The Morgan fingerprint density at radius 3 is 2.63 bits per heavy atom. The number of aromatic nitrogens is 4. The van der Waals surface area contributed by atoms with Crippen molar-refractivity contribution in [2.45, 2.75) is 45.7 Å². The van der Waals surface area contributed by atoms with Crippen molar-refractivity contribution in [1.29, 1.82) is 0 Å². The first-order valence-electron chi connectivity index (χ1n) is 10.0. The fraction of sp³-hybridized carbons (Fsp3) is 0.650. The van der Waals surface area contributed by atoms with E-state index in [1.807, 2.05) is 19.9 Å². The van der Waals surface area contributed by atoms with E-state index in [-0.39, 0.29) is 5.56 Å². The van der Waals surface area contributed by atoms with Gasteiger partial charge in [0.25, 0.3) is 5.56 Å². The van der Waals surface area contributed by atoms with E-state index in [2.05, 4.69) is 27.0 Å². The molecule has 0 bridgehead atoms. The molecule has 2 aliphatic heterocycles. The van der Waals surface area contributed by atoms with Crippen LogP contribution in [0.2, 0.25) is 0 Å². The second kappa shape index (κ2) is 7.56. The number of nitrogens with zero attached hydrogens (tertiary/aromatic N) is 6. The van der Waals surface area contributed by atoms with Gasteiger partial charge in [-0.1, -0.05) is 6.42 Å². The van der Waals surface area contributed by atoms with Gasteiger partial charge in [0.1, 0.15) is 0 Å². The molecule has 1 atom stereocenters. The maximum Gasteiger partial charge on any atom is 0.266 e. The molecule has 7 heteroatoms. The van der Waals surface area contributed by atoms with Crippen molar-refractivity contribution in [2.75, 3.05) is 33.2 Å². The Bertz CT molecular complexity index is 850. The minimum atomic E-state index is -0.0363. The van der Waals surface area contributed by atoms with E-state index in [0.717, 1.165) is 31.0 Å². The highest BCUT2D eigenvalue weighted by atomic mass is 16.1. The summed E-state index contributed by atoms with van der Waals surface area (Å²) in [6, 6.07) is 6.06. The Kier molecular flexibility index (Phi) is 5.14. The molecule has 1 unspecified atom stereocenters. The van der Waals surface area contributed by atoms with E-state index < -0.39 is 0 Å². The molecular formula is C20H30N6O. The fourth-order valence-electron chi connectivity index (χ4n) is 4.40. The van der Waals surface area contributed by atoms with Crippen molar-refractivity contribution < 1.29 is 0 Å². The van der Waals surface area contributed by atoms with Gasteiger partial charge >= 0.3 is 0 Å². The third-order valence-electron chi connectivity index (χ3n) is 5.93. The molecule has 0 amide bonds. The highest BCUT2D eigenvalue weighted by Crippen LogP contribution is 2.22. The van der Waals surface area contributed by atoms with Crippen LogP contribution in [-0.2, 0) is 6.54 Å². The summed E-state index contributed by atoms with van der Waals surface area (Å²) in [4.78, 5) is 17.3. The van der Waals surface area contributed by atoms with E-state index in [0.29, 0.717) is 24.3 Å². The maximum atomic E-state index is 12.3. The van der Waals surface area contributed by atoms with Crippen molar-refractivity contribution in [3.8, 4) is 5.82 Å². The summed E-state index contributed by atoms with van der Waals surface area (Å²) < 4.78 is 3.41. The first-order chi connectivity index (χ1) is 13.0. The molecule has 0 spiro atoms. The molecule has 2 fully saturated rings. The van der Waals surface area contributed by atoms with Crippen LogP contribution in [-0.4, -0.2) is 68.6 Å². The average Bonchev–Trinajstić information content (AvgIpc) is 2.94. The van der Waals surface area contributed by atoms with Crippen molar-refractivity contribution in [3.05, 3.63) is 39.9 Å². The molecule has 2 aromatic rings. The van der Waals surface area contributed by atoms with Crippen LogP contribution in [0.25, 0.3) is 5.82 Å². The molecule has 7 nitrogen and oxygen atoms in total. The highest BCUT2D eigenvalue weighted by Gasteiger charge is 2.31. The summed E-state index contributed by atoms with van der Waals surface area (Å²) in [6.45, 7) is 9.14. The lowest BCUT2D eigenvalue weighted by Crippen LogP contribution is -2.54. The molecule has 0 radical (unpaired) electrons. The monoisotopic (exact) mass is 370 g/mol. The Balaban J connectivity index is 1.37. The van der Waals surface area contributed by atoms with Crippen molar-refractivity contribution in [1.82, 2.24) is 29.4 Å². The van der Waals surface area contributed by atoms with Crippen LogP contribution in [0.1, 0.15) is 30.7 Å². The molecule has 0 aromatic carbocycles. The van der Waals surface area contributed by atoms with Gasteiger partial charge in [-0.25, -0.2) is 9.36 Å². The zero-order valence-electron chi connectivity index (χ0n) is 16.6. The third-order valence-corrected chi connectivity index (χ3v) is 5.93. The number of rotatable bonds is 5. The number of aryl methyl sites for hydroxylation is 2. The minimum Gasteiger partial charge on any atom is -0.302 e. The predicted octanol–water partition coefficient (Wildman–Crippen LogP) is 1.46. The van der Waals surface area contributed by atoms with Crippen LogP contribution >= 0.6 is 0 Å². The molecule has 0 saturated carbocycles. The molecule has 4 rings (SSSR count). The first-order valence-corrected chi connectivity index (χ1v) is 10.0. The van der Waals surface area contributed by atoms with Gasteiger partial charge in [-0.15, -0.1) is 5.10 Å².